The summed E-state index contributed by atoms with van der Waals surface area (Å²) in [5, 5.41) is 3.78. The number of nitrogens with zero attached hydrogens (tertiary/aromatic N) is 1. The average Bonchev–Trinajstić information content (AvgIpc) is 3.07. The quantitative estimate of drug-likeness (QED) is 0.541. The molecule has 1 aliphatic rings. The molecule has 3 rings (SSSR count). The van der Waals surface area contributed by atoms with Crippen LogP contribution in [0.4, 0.5) is 11.4 Å². The average molecular weight is 403 g/mol. The molecule has 2 aromatic rings. The molecule has 1 heterocycles. The molecule has 1 fully saturated rings. The van der Waals surface area contributed by atoms with Gasteiger partial charge in [-0.05, 0) is 54.5 Å². The Kier molecular flexibility index (Phi) is 6.26. The minimum Gasteiger partial charge on any atom is -0.331 e. The zero-order chi connectivity index (χ0) is 19.2. The minimum absolute atomic E-state index is 0.144. The summed E-state index contributed by atoms with van der Waals surface area (Å²) in [6.07, 6.45) is 1.68. The second kappa shape index (κ2) is 8.83. The van der Waals surface area contributed by atoms with Gasteiger partial charge >= 0.3 is 0 Å². The fourth-order valence-corrected chi connectivity index (χ4v) is 3.16. The Morgan fingerprint density at radius 2 is 1.93 bits per heavy atom. The van der Waals surface area contributed by atoms with Crippen molar-refractivity contribution >= 4 is 52.1 Å². The summed E-state index contributed by atoms with van der Waals surface area (Å²) in [7, 11) is 0. The molecule has 8 heteroatoms. The Hall–Kier alpha value is -2.64. The minimum atomic E-state index is -0.227. The summed E-state index contributed by atoms with van der Waals surface area (Å²) in [4.78, 5) is 25.6. The number of hydrogen-bond acceptors (Lipinski definition) is 3. The molecule has 27 heavy (non-hydrogen) atoms. The van der Waals surface area contributed by atoms with Crippen LogP contribution in [0.3, 0.4) is 0 Å². The summed E-state index contributed by atoms with van der Waals surface area (Å²) in [5.41, 5.74) is 7.65. The van der Waals surface area contributed by atoms with E-state index in [1.807, 2.05) is 30.3 Å². The number of carbonyl (C=O) groups excluding carboxylic acids is 2. The third-order valence-electron chi connectivity index (χ3n) is 4.08. The number of nitrogens with one attached hydrogen (secondary N) is 3. The van der Waals surface area contributed by atoms with E-state index in [4.69, 9.17) is 23.8 Å². The predicted molar refractivity (Wildman–Crippen MR) is 111 cm³/mol. The number of amides is 2. The summed E-state index contributed by atoms with van der Waals surface area (Å²) in [6, 6.07) is 14.5. The van der Waals surface area contributed by atoms with Crippen molar-refractivity contribution in [2.45, 2.75) is 19.3 Å². The lowest BCUT2D eigenvalue weighted by atomic mass is 10.1. The molecular weight excluding hydrogens is 384 g/mol. The SMILES string of the molecule is O=C(Cc1ccc(N2CCCC2=O)cc1)NNC(=S)Nc1cccc(Cl)c1. The van der Waals surface area contributed by atoms with Crippen molar-refractivity contribution in [2.75, 3.05) is 16.8 Å². The van der Waals surface area contributed by atoms with Crippen LogP contribution in [0.2, 0.25) is 5.02 Å². The van der Waals surface area contributed by atoms with Gasteiger partial charge < -0.3 is 10.2 Å². The number of anilines is 2. The molecule has 3 N–H and O–H groups in total. The van der Waals surface area contributed by atoms with Crippen LogP contribution in [0.5, 0.6) is 0 Å². The van der Waals surface area contributed by atoms with E-state index >= 15 is 0 Å². The molecule has 0 bridgehead atoms. The zero-order valence-corrected chi connectivity index (χ0v) is 16.1. The maximum absolute atomic E-state index is 12.1. The molecule has 2 aromatic carbocycles. The third-order valence-corrected chi connectivity index (χ3v) is 4.52. The highest BCUT2D eigenvalue weighted by atomic mass is 35.5. The first-order chi connectivity index (χ1) is 13.0. The van der Waals surface area contributed by atoms with Crippen molar-refractivity contribution < 1.29 is 9.59 Å². The molecule has 1 saturated heterocycles. The zero-order valence-electron chi connectivity index (χ0n) is 14.5. The van der Waals surface area contributed by atoms with Gasteiger partial charge in [0.2, 0.25) is 11.8 Å². The van der Waals surface area contributed by atoms with Gasteiger partial charge in [0.15, 0.2) is 5.11 Å². The van der Waals surface area contributed by atoms with E-state index in [1.54, 1.807) is 23.1 Å². The second-order valence-corrected chi connectivity index (χ2v) is 6.97. The van der Waals surface area contributed by atoms with Crippen LogP contribution in [0.1, 0.15) is 18.4 Å². The second-order valence-electron chi connectivity index (χ2n) is 6.13. The normalized spacial score (nSPS) is 13.4. The first-order valence-corrected chi connectivity index (χ1v) is 9.30. The Labute approximate surface area is 167 Å². The predicted octanol–water partition coefficient (Wildman–Crippen LogP) is 3.03. The summed E-state index contributed by atoms with van der Waals surface area (Å²) in [5.74, 6) is -0.0827. The Balaban J connectivity index is 1.46. The van der Waals surface area contributed by atoms with Gasteiger partial charge in [0, 0.05) is 29.4 Å². The lowest BCUT2D eigenvalue weighted by Gasteiger charge is -2.16. The van der Waals surface area contributed by atoms with Crippen molar-refractivity contribution in [3.63, 3.8) is 0 Å². The highest BCUT2D eigenvalue weighted by Gasteiger charge is 2.21. The molecule has 140 valence electrons. The molecule has 0 aromatic heterocycles. The van der Waals surface area contributed by atoms with Gasteiger partial charge in [0.1, 0.15) is 0 Å². The summed E-state index contributed by atoms with van der Waals surface area (Å²) >= 11 is 11.0. The van der Waals surface area contributed by atoms with Gasteiger partial charge in [0.25, 0.3) is 0 Å². The molecule has 0 unspecified atom stereocenters. The van der Waals surface area contributed by atoms with Gasteiger partial charge in [-0.25, -0.2) is 0 Å². The molecule has 0 spiro atoms. The molecule has 2 amide bonds. The molecule has 1 aliphatic heterocycles. The highest BCUT2D eigenvalue weighted by molar-refractivity contribution is 7.80. The van der Waals surface area contributed by atoms with Crippen molar-refractivity contribution in [2.24, 2.45) is 0 Å². The van der Waals surface area contributed by atoms with Crippen molar-refractivity contribution in [3.8, 4) is 0 Å². The fraction of sp³-hybridized carbons (Fsp3) is 0.211. The first-order valence-electron chi connectivity index (χ1n) is 8.52. The van der Waals surface area contributed by atoms with Gasteiger partial charge in [0.05, 0.1) is 6.42 Å². The van der Waals surface area contributed by atoms with Crippen molar-refractivity contribution in [1.29, 1.82) is 0 Å². The molecular formula is C19H19ClN4O2S. The largest absolute Gasteiger partial charge is 0.331 e. The van der Waals surface area contributed by atoms with Crippen molar-refractivity contribution in [1.82, 2.24) is 10.9 Å². The number of rotatable bonds is 4. The van der Waals surface area contributed by atoms with E-state index in [-0.39, 0.29) is 23.3 Å². The van der Waals surface area contributed by atoms with E-state index in [0.717, 1.165) is 29.9 Å². The molecule has 0 aliphatic carbocycles. The van der Waals surface area contributed by atoms with Gasteiger partial charge in [-0.2, -0.15) is 0 Å². The topological polar surface area (TPSA) is 73.5 Å². The lowest BCUT2D eigenvalue weighted by molar-refractivity contribution is -0.121. The molecule has 0 radical (unpaired) electrons. The monoisotopic (exact) mass is 402 g/mol. The van der Waals surface area contributed by atoms with Gasteiger partial charge in [-0.3, -0.25) is 20.4 Å². The number of halogens is 1. The van der Waals surface area contributed by atoms with Crippen LogP contribution in [-0.2, 0) is 16.0 Å². The number of benzene rings is 2. The van der Waals surface area contributed by atoms with E-state index < -0.39 is 0 Å². The van der Waals surface area contributed by atoms with Crippen LogP contribution in [0.25, 0.3) is 0 Å². The van der Waals surface area contributed by atoms with Gasteiger partial charge in [-0.1, -0.05) is 29.8 Å². The number of hydrogen-bond donors (Lipinski definition) is 3. The van der Waals surface area contributed by atoms with E-state index in [9.17, 15) is 9.59 Å². The number of hydrazine groups is 1. The van der Waals surface area contributed by atoms with E-state index in [0.29, 0.717) is 11.4 Å². The van der Waals surface area contributed by atoms with E-state index in [1.165, 1.54) is 0 Å². The van der Waals surface area contributed by atoms with Crippen LogP contribution in [0, 0.1) is 0 Å². The fourth-order valence-electron chi connectivity index (χ4n) is 2.80. The van der Waals surface area contributed by atoms with Crippen LogP contribution >= 0.6 is 23.8 Å². The first kappa shape index (κ1) is 19.1. The third kappa shape index (κ3) is 5.42. The summed E-state index contributed by atoms with van der Waals surface area (Å²) in [6.45, 7) is 0.750. The van der Waals surface area contributed by atoms with Crippen LogP contribution in [0.15, 0.2) is 48.5 Å². The van der Waals surface area contributed by atoms with Crippen LogP contribution < -0.4 is 21.1 Å². The number of carbonyl (C=O) groups is 2. The smallest absolute Gasteiger partial charge is 0.242 e. The summed E-state index contributed by atoms with van der Waals surface area (Å²) < 4.78 is 0. The maximum atomic E-state index is 12.1. The molecule has 6 nitrogen and oxygen atoms in total. The van der Waals surface area contributed by atoms with Crippen LogP contribution in [-0.4, -0.2) is 23.5 Å². The molecule has 0 saturated carbocycles. The highest BCUT2D eigenvalue weighted by Crippen LogP contribution is 2.21. The Morgan fingerprint density at radius 3 is 2.59 bits per heavy atom. The van der Waals surface area contributed by atoms with Gasteiger partial charge in [-0.15, -0.1) is 0 Å². The van der Waals surface area contributed by atoms with Crippen molar-refractivity contribution in [3.05, 3.63) is 59.1 Å². The molecule has 0 atom stereocenters. The standard InChI is InChI=1S/C19H19ClN4O2S/c20-14-3-1-4-15(12-14)21-19(27)23-22-17(25)11-13-6-8-16(9-7-13)24-10-2-5-18(24)26/h1,3-4,6-9,12H,2,5,10-11H2,(H,22,25)(H2,21,23,27). The lowest BCUT2D eigenvalue weighted by Crippen LogP contribution is -2.44. The Bertz CT molecular complexity index is 857. The Morgan fingerprint density at radius 1 is 1.15 bits per heavy atom. The van der Waals surface area contributed by atoms with E-state index in [2.05, 4.69) is 16.2 Å². The number of thiocarbonyl (C=S) groups is 1. The maximum Gasteiger partial charge on any atom is 0.242 e.